The van der Waals surface area contributed by atoms with E-state index in [1.165, 1.54) is 41.0 Å². The van der Waals surface area contributed by atoms with Crippen LogP contribution in [-0.4, -0.2) is 69.6 Å². The number of aromatic nitrogens is 1. The van der Waals surface area contributed by atoms with E-state index in [0.717, 1.165) is 21.3 Å². The molecular formula is C23H25N3O7S2. The minimum Gasteiger partial charge on any atom is -0.495 e. The summed E-state index contributed by atoms with van der Waals surface area (Å²) in [7, 11) is -2.57. The smallest absolute Gasteiger partial charge is 0.338 e. The molecule has 1 aliphatic rings. The Morgan fingerprint density at radius 1 is 1.17 bits per heavy atom. The van der Waals surface area contributed by atoms with Gasteiger partial charge >= 0.3 is 5.97 Å². The molecule has 0 radical (unpaired) electrons. The summed E-state index contributed by atoms with van der Waals surface area (Å²) in [4.78, 5) is 29.2. The fourth-order valence-electron chi connectivity index (χ4n) is 3.73. The van der Waals surface area contributed by atoms with Crippen LogP contribution in [0.2, 0.25) is 0 Å². The number of hydrogen-bond acceptors (Lipinski definition) is 9. The number of anilines is 1. The van der Waals surface area contributed by atoms with E-state index in [2.05, 4.69) is 10.3 Å². The van der Waals surface area contributed by atoms with Gasteiger partial charge in [0.2, 0.25) is 10.0 Å². The summed E-state index contributed by atoms with van der Waals surface area (Å²) in [6.45, 7) is 4.35. The van der Waals surface area contributed by atoms with E-state index in [1.807, 2.05) is 26.0 Å². The maximum absolute atomic E-state index is 13.1. The highest BCUT2D eigenvalue weighted by Crippen LogP contribution is 2.30. The van der Waals surface area contributed by atoms with Gasteiger partial charge < -0.3 is 14.2 Å². The number of sulfonamides is 1. The first-order valence-corrected chi connectivity index (χ1v) is 13.1. The van der Waals surface area contributed by atoms with Crippen molar-refractivity contribution in [2.75, 3.05) is 45.3 Å². The van der Waals surface area contributed by atoms with Crippen LogP contribution < -0.4 is 10.1 Å². The van der Waals surface area contributed by atoms with E-state index in [0.29, 0.717) is 5.13 Å². The number of carbonyl (C=O) groups excluding carboxylic acids is 2. The Kier molecular flexibility index (Phi) is 7.36. The van der Waals surface area contributed by atoms with Crippen molar-refractivity contribution in [1.29, 1.82) is 0 Å². The molecule has 0 bridgehead atoms. The maximum Gasteiger partial charge on any atom is 0.338 e. The van der Waals surface area contributed by atoms with Gasteiger partial charge in [0.1, 0.15) is 10.6 Å². The quantitative estimate of drug-likeness (QED) is 0.473. The van der Waals surface area contributed by atoms with E-state index in [1.54, 1.807) is 0 Å². The average Bonchev–Trinajstić information content (AvgIpc) is 3.25. The monoisotopic (exact) mass is 519 g/mol. The zero-order valence-corrected chi connectivity index (χ0v) is 21.1. The fourth-order valence-corrected chi connectivity index (χ4v) is 6.37. The number of thiazole rings is 1. The topological polar surface area (TPSA) is 124 Å². The van der Waals surface area contributed by atoms with Gasteiger partial charge in [-0.1, -0.05) is 17.4 Å². The number of morpholine rings is 1. The summed E-state index contributed by atoms with van der Waals surface area (Å²) in [6, 6.07) is 7.97. The molecule has 10 nitrogen and oxygen atoms in total. The van der Waals surface area contributed by atoms with Crippen molar-refractivity contribution in [3.63, 3.8) is 0 Å². The molecule has 4 rings (SSSR count). The van der Waals surface area contributed by atoms with E-state index in [4.69, 9.17) is 14.2 Å². The Morgan fingerprint density at radius 2 is 1.91 bits per heavy atom. The molecule has 0 aliphatic carbocycles. The molecule has 0 unspecified atom stereocenters. The number of hydrogen-bond donors (Lipinski definition) is 1. The van der Waals surface area contributed by atoms with E-state index in [-0.39, 0.29) is 42.5 Å². The van der Waals surface area contributed by atoms with Gasteiger partial charge in [-0.05, 0) is 49.2 Å². The van der Waals surface area contributed by atoms with Crippen molar-refractivity contribution in [1.82, 2.24) is 9.29 Å². The molecule has 0 saturated carbocycles. The van der Waals surface area contributed by atoms with Crippen LogP contribution >= 0.6 is 11.3 Å². The van der Waals surface area contributed by atoms with Gasteiger partial charge in [0.05, 0.1) is 36.1 Å². The standard InChI is InChI=1S/C23H25N3O7S2/c1-14-10-15(2)21-18(11-14)34-23(25-21)24-20(27)13-33-22(28)16-4-5-17(31-3)19(12-16)35(29,30)26-6-8-32-9-7-26/h4-5,10-12H,6-9,13H2,1-3H3,(H,24,25,27). The number of nitrogens with one attached hydrogen (secondary N) is 1. The Hall–Kier alpha value is -3.06. The molecule has 1 aliphatic heterocycles. The lowest BCUT2D eigenvalue weighted by Crippen LogP contribution is -2.40. The highest BCUT2D eigenvalue weighted by atomic mass is 32.2. The van der Waals surface area contributed by atoms with Crippen molar-refractivity contribution in [3.8, 4) is 5.75 Å². The van der Waals surface area contributed by atoms with E-state index < -0.39 is 28.5 Å². The van der Waals surface area contributed by atoms with Crippen LogP contribution in [0.25, 0.3) is 10.2 Å². The predicted octanol–water partition coefficient (Wildman–Crippen LogP) is 2.74. The normalized spacial score (nSPS) is 14.6. The largest absolute Gasteiger partial charge is 0.495 e. The molecule has 186 valence electrons. The number of esters is 1. The number of aryl methyl sites for hydroxylation is 2. The molecule has 1 amide bonds. The average molecular weight is 520 g/mol. The van der Waals surface area contributed by atoms with Gasteiger partial charge in [-0.3, -0.25) is 10.1 Å². The van der Waals surface area contributed by atoms with Gasteiger partial charge in [0.25, 0.3) is 5.91 Å². The first-order valence-electron chi connectivity index (χ1n) is 10.8. The van der Waals surface area contributed by atoms with Gasteiger partial charge in [-0.15, -0.1) is 0 Å². The lowest BCUT2D eigenvalue weighted by molar-refractivity contribution is -0.119. The fraction of sp³-hybridized carbons (Fsp3) is 0.348. The Labute approximate surface area is 206 Å². The number of fused-ring (bicyclic) bond motifs is 1. The third kappa shape index (κ3) is 5.45. The summed E-state index contributed by atoms with van der Waals surface area (Å²) < 4.78 is 44.0. The molecule has 12 heteroatoms. The van der Waals surface area contributed by atoms with Gasteiger partial charge in [0, 0.05) is 13.1 Å². The molecule has 1 aromatic heterocycles. The van der Waals surface area contributed by atoms with Crippen molar-refractivity contribution in [2.45, 2.75) is 18.7 Å². The maximum atomic E-state index is 13.1. The molecule has 1 N–H and O–H groups in total. The first-order chi connectivity index (χ1) is 16.7. The lowest BCUT2D eigenvalue weighted by atomic mass is 10.1. The number of nitrogens with zero attached hydrogens (tertiary/aromatic N) is 2. The number of methoxy groups -OCH3 is 1. The molecule has 2 heterocycles. The third-order valence-electron chi connectivity index (χ3n) is 5.40. The minimum atomic E-state index is -3.92. The Bertz CT molecular complexity index is 1380. The van der Waals surface area contributed by atoms with Crippen LogP contribution in [-0.2, 0) is 24.3 Å². The minimum absolute atomic E-state index is 0.0171. The molecule has 3 aromatic rings. The van der Waals surface area contributed by atoms with E-state index >= 15 is 0 Å². The molecular weight excluding hydrogens is 494 g/mol. The van der Waals surface area contributed by atoms with Crippen LogP contribution in [0.15, 0.2) is 35.2 Å². The number of carbonyl (C=O) groups is 2. The molecule has 0 atom stereocenters. The summed E-state index contributed by atoms with van der Waals surface area (Å²) in [5.41, 5.74) is 2.89. The van der Waals surface area contributed by atoms with Crippen molar-refractivity contribution >= 4 is 48.6 Å². The van der Waals surface area contributed by atoms with Crippen LogP contribution in [0.3, 0.4) is 0 Å². The van der Waals surface area contributed by atoms with Crippen LogP contribution in [0.4, 0.5) is 5.13 Å². The van der Waals surface area contributed by atoms with Gasteiger partial charge in [0.15, 0.2) is 11.7 Å². The van der Waals surface area contributed by atoms with Crippen molar-refractivity contribution < 1.29 is 32.2 Å². The number of ether oxygens (including phenoxy) is 3. The van der Waals surface area contributed by atoms with Gasteiger partial charge in [-0.2, -0.15) is 4.31 Å². The Morgan fingerprint density at radius 3 is 2.63 bits per heavy atom. The SMILES string of the molecule is COc1ccc(C(=O)OCC(=O)Nc2nc3c(C)cc(C)cc3s2)cc1S(=O)(=O)N1CCOCC1. The zero-order valence-electron chi connectivity index (χ0n) is 19.5. The number of amides is 1. The summed E-state index contributed by atoms with van der Waals surface area (Å²) in [5, 5.41) is 3.04. The second-order valence-corrected chi connectivity index (χ2v) is 10.9. The summed E-state index contributed by atoms with van der Waals surface area (Å²) in [6.07, 6.45) is 0. The summed E-state index contributed by atoms with van der Waals surface area (Å²) >= 11 is 1.33. The molecule has 1 saturated heterocycles. The predicted molar refractivity (Wildman–Crippen MR) is 131 cm³/mol. The number of benzene rings is 2. The lowest BCUT2D eigenvalue weighted by Gasteiger charge is -2.26. The highest BCUT2D eigenvalue weighted by molar-refractivity contribution is 7.89. The van der Waals surface area contributed by atoms with Crippen molar-refractivity contribution in [2.24, 2.45) is 0 Å². The first kappa shape index (κ1) is 25.0. The second kappa shape index (κ2) is 10.3. The molecule has 1 fully saturated rings. The van der Waals surface area contributed by atoms with Crippen LogP contribution in [0.5, 0.6) is 5.75 Å². The van der Waals surface area contributed by atoms with Crippen LogP contribution in [0.1, 0.15) is 21.5 Å². The molecule has 0 spiro atoms. The van der Waals surface area contributed by atoms with E-state index in [9.17, 15) is 18.0 Å². The van der Waals surface area contributed by atoms with Crippen LogP contribution in [0, 0.1) is 13.8 Å². The molecule has 35 heavy (non-hydrogen) atoms. The number of rotatable bonds is 7. The molecule has 2 aromatic carbocycles. The summed E-state index contributed by atoms with van der Waals surface area (Å²) in [5.74, 6) is -1.29. The second-order valence-electron chi connectivity index (χ2n) is 7.95. The van der Waals surface area contributed by atoms with Gasteiger partial charge in [-0.25, -0.2) is 18.2 Å². The zero-order chi connectivity index (χ0) is 25.2. The Balaban J connectivity index is 1.44. The van der Waals surface area contributed by atoms with Crippen molar-refractivity contribution in [3.05, 3.63) is 47.0 Å². The third-order valence-corrected chi connectivity index (χ3v) is 8.24. The highest BCUT2D eigenvalue weighted by Gasteiger charge is 2.30.